The molecule has 2 N–H and O–H groups in total. The maximum atomic E-state index is 10.9. The quantitative estimate of drug-likeness (QED) is 0.832. The summed E-state index contributed by atoms with van der Waals surface area (Å²) in [7, 11) is 0. The lowest BCUT2D eigenvalue weighted by Crippen LogP contribution is -1.94. The molecule has 5 heteroatoms. The number of halogens is 2. The first-order valence-corrected chi connectivity index (χ1v) is 5.72. The number of nitrogens with one attached hydrogen (secondary N) is 1. The number of H-pyrrole nitrogens is 1. The summed E-state index contributed by atoms with van der Waals surface area (Å²) in [5.41, 5.74) is 1.89. The van der Waals surface area contributed by atoms with Crippen LogP contribution >= 0.6 is 27.5 Å². The smallest absolute Gasteiger partial charge is 0.337 e. The molecule has 0 bridgehead atoms. The van der Waals surface area contributed by atoms with Gasteiger partial charge in [0.05, 0.1) is 5.56 Å². The maximum absolute atomic E-state index is 10.9. The third-order valence-electron chi connectivity index (χ3n) is 2.22. The number of hydrogen-bond acceptors (Lipinski definition) is 1. The summed E-state index contributed by atoms with van der Waals surface area (Å²) in [4.78, 5) is 13.8. The average molecular weight is 289 g/mol. The Hall–Kier alpha value is -1.000. The average Bonchev–Trinajstić information content (AvgIpc) is 2.59. The minimum absolute atomic E-state index is 0.267. The van der Waals surface area contributed by atoms with Crippen molar-refractivity contribution in [3.05, 3.63) is 34.5 Å². The Labute approximate surface area is 99.2 Å². The zero-order valence-corrected chi connectivity index (χ0v) is 9.89. The number of aromatic carboxylic acids is 1. The van der Waals surface area contributed by atoms with Crippen LogP contribution in [-0.2, 0) is 5.33 Å². The lowest BCUT2D eigenvalue weighted by atomic mass is 10.1. The van der Waals surface area contributed by atoms with E-state index in [4.69, 9.17) is 16.7 Å². The van der Waals surface area contributed by atoms with E-state index in [2.05, 4.69) is 20.9 Å². The molecule has 1 heterocycles. The highest BCUT2D eigenvalue weighted by Gasteiger charge is 2.12. The number of carboxylic acids is 1. The Kier molecular flexibility index (Phi) is 2.71. The van der Waals surface area contributed by atoms with Gasteiger partial charge in [-0.25, -0.2) is 4.79 Å². The summed E-state index contributed by atoms with van der Waals surface area (Å²) in [5.74, 6) is -0.941. The van der Waals surface area contributed by atoms with Gasteiger partial charge in [-0.2, -0.15) is 0 Å². The lowest BCUT2D eigenvalue weighted by molar-refractivity contribution is 0.0699. The van der Waals surface area contributed by atoms with Crippen molar-refractivity contribution in [1.29, 1.82) is 0 Å². The molecular formula is C10H7BrClNO2. The van der Waals surface area contributed by atoms with Crippen molar-refractivity contribution in [1.82, 2.24) is 4.98 Å². The Balaban J connectivity index is 2.74. The second-order valence-corrected chi connectivity index (χ2v) is 4.10. The number of aromatic amines is 1. The molecule has 0 saturated carbocycles. The number of aromatic nitrogens is 1. The van der Waals surface area contributed by atoms with Crippen LogP contribution in [0.3, 0.4) is 0 Å². The Morgan fingerprint density at radius 2 is 2.27 bits per heavy atom. The molecule has 0 atom stereocenters. The largest absolute Gasteiger partial charge is 0.478 e. The fraction of sp³-hybridized carbons (Fsp3) is 0.100. The van der Waals surface area contributed by atoms with E-state index in [9.17, 15) is 4.79 Å². The third-order valence-corrected chi connectivity index (χ3v) is 3.18. The molecule has 78 valence electrons. The molecule has 0 saturated heterocycles. The molecular weight excluding hydrogens is 281 g/mol. The summed E-state index contributed by atoms with van der Waals surface area (Å²) in [6.07, 6.45) is 1.47. The van der Waals surface area contributed by atoms with Crippen LogP contribution in [0.5, 0.6) is 0 Å². The fourth-order valence-electron chi connectivity index (χ4n) is 1.47. The SMILES string of the molecule is O=C(O)c1c[nH]c2cc(Cl)c(CBr)cc12. The van der Waals surface area contributed by atoms with E-state index in [0.717, 1.165) is 11.1 Å². The summed E-state index contributed by atoms with van der Waals surface area (Å²) in [5, 5.41) is 10.8. The first-order valence-electron chi connectivity index (χ1n) is 4.22. The minimum Gasteiger partial charge on any atom is -0.478 e. The van der Waals surface area contributed by atoms with Gasteiger partial charge in [0.1, 0.15) is 0 Å². The van der Waals surface area contributed by atoms with Gasteiger partial charge in [0.2, 0.25) is 0 Å². The number of carboxylic acid groups (broad SMARTS) is 1. The first kappa shape index (κ1) is 10.5. The van der Waals surface area contributed by atoms with Crippen molar-refractivity contribution in [3.63, 3.8) is 0 Å². The summed E-state index contributed by atoms with van der Waals surface area (Å²) >= 11 is 9.30. The van der Waals surface area contributed by atoms with Crippen LogP contribution in [0.1, 0.15) is 15.9 Å². The van der Waals surface area contributed by atoms with Gasteiger partial charge >= 0.3 is 5.97 Å². The molecule has 1 aromatic heterocycles. The molecule has 0 amide bonds. The summed E-state index contributed by atoms with van der Waals surface area (Å²) < 4.78 is 0. The zero-order chi connectivity index (χ0) is 11.0. The predicted molar refractivity (Wildman–Crippen MR) is 62.9 cm³/mol. The van der Waals surface area contributed by atoms with Gasteiger partial charge in [0.25, 0.3) is 0 Å². The van der Waals surface area contributed by atoms with Crippen molar-refractivity contribution in [2.24, 2.45) is 0 Å². The van der Waals surface area contributed by atoms with Gasteiger partial charge in [-0.05, 0) is 17.7 Å². The van der Waals surface area contributed by atoms with Crippen LogP contribution in [0.4, 0.5) is 0 Å². The van der Waals surface area contributed by atoms with Crippen LogP contribution in [0.25, 0.3) is 10.9 Å². The number of benzene rings is 1. The van der Waals surface area contributed by atoms with E-state index in [1.807, 2.05) is 0 Å². The Bertz CT molecular complexity index is 535. The molecule has 0 spiro atoms. The van der Waals surface area contributed by atoms with Crippen molar-refractivity contribution in [2.75, 3.05) is 0 Å². The maximum Gasteiger partial charge on any atom is 0.337 e. The van der Waals surface area contributed by atoms with Gasteiger partial charge in [-0.3, -0.25) is 0 Å². The molecule has 2 aromatic rings. The molecule has 0 radical (unpaired) electrons. The van der Waals surface area contributed by atoms with E-state index in [0.29, 0.717) is 15.7 Å². The van der Waals surface area contributed by atoms with E-state index in [-0.39, 0.29) is 5.56 Å². The second kappa shape index (κ2) is 3.87. The minimum atomic E-state index is -0.941. The third kappa shape index (κ3) is 1.75. The molecule has 3 nitrogen and oxygen atoms in total. The number of fused-ring (bicyclic) bond motifs is 1. The molecule has 0 aliphatic rings. The second-order valence-electron chi connectivity index (χ2n) is 3.13. The van der Waals surface area contributed by atoms with E-state index < -0.39 is 5.97 Å². The van der Waals surface area contributed by atoms with Gasteiger partial charge in [0, 0.05) is 27.5 Å². The molecule has 0 aliphatic carbocycles. The number of hydrogen-bond donors (Lipinski definition) is 2. The van der Waals surface area contributed by atoms with E-state index in [1.165, 1.54) is 6.20 Å². The Morgan fingerprint density at radius 3 is 2.87 bits per heavy atom. The highest BCUT2D eigenvalue weighted by Crippen LogP contribution is 2.27. The fourth-order valence-corrected chi connectivity index (χ4v) is 2.32. The van der Waals surface area contributed by atoms with Crippen molar-refractivity contribution < 1.29 is 9.90 Å². The number of carbonyl (C=O) groups is 1. The van der Waals surface area contributed by atoms with Gasteiger partial charge in [-0.1, -0.05) is 27.5 Å². The van der Waals surface area contributed by atoms with Crippen LogP contribution in [0.2, 0.25) is 5.02 Å². The monoisotopic (exact) mass is 287 g/mol. The lowest BCUT2D eigenvalue weighted by Gasteiger charge is -2.00. The predicted octanol–water partition coefficient (Wildman–Crippen LogP) is 3.41. The Morgan fingerprint density at radius 1 is 1.53 bits per heavy atom. The van der Waals surface area contributed by atoms with Crippen LogP contribution in [-0.4, -0.2) is 16.1 Å². The van der Waals surface area contributed by atoms with Gasteiger partial charge in [0.15, 0.2) is 0 Å². The summed E-state index contributed by atoms with van der Waals surface area (Å²) in [6.45, 7) is 0. The van der Waals surface area contributed by atoms with E-state index in [1.54, 1.807) is 12.1 Å². The standard InChI is InChI=1S/C10H7BrClNO2/c11-3-5-1-6-7(10(14)15)4-13-9(6)2-8(5)12/h1-2,4,13H,3H2,(H,14,15). The molecule has 2 rings (SSSR count). The molecule has 1 aromatic carbocycles. The molecule has 0 aliphatic heterocycles. The first-order chi connectivity index (χ1) is 7.13. The number of rotatable bonds is 2. The normalized spacial score (nSPS) is 10.8. The zero-order valence-electron chi connectivity index (χ0n) is 7.55. The van der Waals surface area contributed by atoms with Crippen molar-refractivity contribution in [2.45, 2.75) is 5.33 Å². The van der Waals surface area contributed by atoms with Crippen LogP contribution in [0, 0.1) is 0 Å². The highest BCUT2D eigenvalue weighted by atomic mass is 79.9. The van der Waals surface area contributed by atoms with E-state index >= 15 is 0 Å². The molecule has 15 heavy (non-hydrogen) atoms. The van der Waals surface area contributed by atoms with Crippen LogP contribution in [0.15, 0.2) is 18.3 Å². The highest BCUT2D eigenvalue weighted by molar-refractivity contribution is 9.08. The van der Waals surface area contributed by atoms with Crippen molar-refractivity contribution >= 4 is 44.4 Å². The van der Waals surface area contributed by atoms with Crippen molar-refractivity contribution in [3.8, 4) is 0 Å². The topological polar surface area (TPSA) is 53.1 Å². The summed E-state index contributed by atoms with van der Waals surface area (Å²) in [6, 6.07) is 3.52. The van der Waals surface area contributed by atoms with Crippen LogP contribution < -0.4 is 0 Å². The molecule has 0 fully saturated rings. The molecule has 0 unspecified atom stereocenters. The van der Waals surface area contributed by atoms with Gasteiger partial charge < -0.3 is 10.1 Å². The number of alkyl halides is 1. The van der Waals surface area contributed by atoms with Gasteiger partial charge in [-0.15, -0.1) is 0 Å².